The minimum atomic E-state index is -0.246. The average molecular weight is 391 g/mol. The van der Waals surface area contributed by atoms with Crippen molar-refractivity contribution in [2.24, 2.45) is 5.92 Å². The number of H-pyrrole nitrogens is 1. The molecule has 0 bridgehead atoms. The molecule has 0 aliphatic heterocycles. The summed E-state index contributed by atoms with van der Waals surface area (Å²) in [5.74, 6) is 0.849. The van der Waals surface area contributed by atoms with E-state index < -0.39 is 0 Å². The molecule has 5 heteroatoms. The molecule has 2 atom stereocenters. The zero-order valence-corrected chi connectivity index (χ0v) is 16.4. The Labute approximate surface area is 170 Å². The van der Waals surface area contributed by atoms with Crippen molar-refractivity contribution in [1.29, 1.82) is 0 Å². The third kappa shape index (κ3) is 4.91. The van der Waals surface area contributed by atoms with E-state index in [1.165, 1.54) is 12.1 Å². The number of halogens is 1. The van der Waals surface area contributed by atoms with Crippen molar-refractivity contribution in [2.75, 3.05) is 5.32 Å². The van der Waals surface area contributed by atoms with E-state index >= 15 is 0 Å². The Hall–Kier alpha value is -2.95. The van der Waals surface area contributed by atoms with Crippen LogP contribution in [0.1, 0.15) is 48.9 Å². The number of aromatic nitrogens is 2. The topological polar surface area (TPSA) is 57.8 Å². The minimum Gasteiger partial charge on any atom is -0.353 e. The maximum absolute atomic E-state index is 13.1. The lowest BCUT2D eigenvalue weighted by atomic mass is 9.84. The van der Waals surface area contributed by atoms with E-state index in [9.17, 15) is 9.18 Å². The third-order valence-electron chi connectivity index (χ3n) is 5.78. The van der Waals surface area contributed by atoms with Crippen LogP contribution in [0.4, 0.5) is 10.3 Å². The van der Waals surface area contributed by atoms with Crippen molar-refractivity contribution in [3.05, 3.63) is 72.3 Å². The SMILES string of the molecule is O=C(c1ccc(-c2ccc(F)cc2)cc1)C1CCCCC(Nc2ncc[nH]2)CC1. The van der Waals surface area contributed by atoms with Crippen LogP contribution in [0.25, 0.3) is 11.1 Å². The summed E-state index contributed by atoms with van der Waals surface area (Å²) >= 11 is 0. The van der Waals surface area contributed by atoms with Crippen molar-refractivity contribution in [2.45, 2.75) is 44.6 Å². The zero-order valence-electron chi connectivity index (χ0n) is 16.4. The molecule has 0 radical (unpaired) electrons. The Morgan fingerprint density at radius 3 is 2.31 bits per heavy atom. The number of imidazole rings is 1. The molecule has 0 saturated heterocycles. The first-order valence-corrected chi connectivity index (χ1v) is 10.3. The number of carbonyl (C=O) groups is 1. The summed E-state index contributed by atoms with van der Waals surface area (Å²) < 4.78 is 13.1. The molecule has 29 heavy (non-hydrogen) atoms. The van der Waals surface area contributed by atoms with E-state index in [0.717, 1.165) is 61.2 Å². The lowest BCUT2D eigenvalue weighted by molar-refractivity contribution is 0.0897. The highest BCUT2D eigenvalue weighted by Crippen LogP contribution is 2.28. The van der Waals surface area contributed by atoms with Crippen LogP contribution in [0.15, 0.2) is 60.9 Å². The molecule has 4 nitrogen and oxygen atoms in total. The highest BCUT2D eigenvalue weighted by atomic mass is 19.1. The number of hydrogen-bond donors (Lipinski definition) is 2. The van der Waals surface area contributed by atoms with Gasteiger partial charge < -0.3 is 10.3 Å². The highest BCUT2D eigenvalue weighted by molar-refractivity contribution is 5.98. The number of carbonyl (C=O) groups excluding carboxylic acids is 1. The summed E-state index contributed by atoms with van der Waals surface area (Å²) in [5, 5.41) is 3.45. The van der Waals surface area contributed by atoms with Gasteiger partial charge in [-0.2, -0.15) is 0 Å². The quantitative estimate of drug-likeness (QED) is 0.537. The Morgan fingerprint density at radius 2 is 1.62 bits per heavy atom. The van der Waals surface area contributed by atoms with Crippen LogP contribution in [-0.2, 0) is 0 Å². The lowest BCUT2D eigenvalue weighted by Gasteiger charge is -2.25. The van der Waals surface area contributed by atoms with Crippen LogP contribution < -0.4 is 5.32 Å². The van der Waals surface area contributed by atoms with Crippen molar-refractivity contribution in [3.8, 4) is 11.1 Å². The lowest BCUT2D eigenvalue weighted by Crippen LogP contribution is -2.25. The first kappa shape index (κ1) is 19.4. The number of anilines is 1. The molecule has 3 aromatic rings. The number of hydrogen-bond acceptors (Lipinski definition) is 3. The molecule has 0 amide bonds. The third-order valence-corrected chi connectivity index (χ3v) is 5.78. The molecule has 1 aliphatic carbocycles. The number of rotatable bonds is 5. The summed E-state index contributed by atoms with van der Waals surface area (Å²) in [6.07, 6.45) is 9.65. The summed E-state index contributed by atoms with van der Waals surface area (Å²) in [6, 6.07) is 14.5. The number of nitrogens with zero attached hydrogens (tertiary/aromatic N) is 1. The molecule has 150 valence electrons. The molecule has 0 spiro atoms. The molecule has 1 aromatic heterocycles. The predicted molar refractivity (Wildman–Crippen MR) is 113 cm³/mol. The van der Waals surface area contributed by atoms with Gasteiger partial charge in [0.2, 0.25) is 0 Å². The van der Waals surface area contributed by atoms with Gasteiger partial charge in [-0.3, -0.25) is 4.79 Å². The molecule has 2 unspecified atom stereocenters. The number of benzene rings is 2. The average Bonchev–Trinajstić information content (AvgIpc) is 3.24. The first-order valence-electron chi connectivity index (χ1n) is 10.3. The fraction of sp³-hybridized carbons (Fsp3) is 0.333. The Balaban J connectivity index is 1.40. The van der Waals surface area contributed by atoms with Gasteiger partial charge >= 0.3 is 0 Å². The van der Waals surface area contributed by atoms with Gasteiger partial charge in [-0.15, -0.1) is 0 Å². The normalized spacial score (nSPS) is 19.9. The summed E-state index contributed by atoms with van der Waals surface area (Å²) in [4.78, 5) is 20.4. The van der Waals surface area contributed by atoms with Crippen molar-refractivity contribution < 1.29 is 9.18 Å². The van der Waals surface area contributed by atoms with Crippen LogP contribution in [0.2, 0.25) is 0 Å². The largest absolute Gasteiger partial charge is 0.353 e. The molecular formula is C24H26FN3O. The number of ketones is 1. The summed E-state index contributed by atoms with van der Waals surface area (Å²) in [7, 11) is 0. The summed E-state index contributed by atoms with van der Waals surface area (Å²) in [5.41, 5.74) is 2.70. The maximum Gasteiger partial charge on any atom is 0.200 e. The monoisotopic (exact) mass is 391 g/mol. The van der Waals surface area contributed by atoms with E-state index in [1.807, 2.05) is 30.5 Å². The number of Topliss-reactive ketones (excluding diaryl/α,β-unsaturated/α-hetero) is 1. The standard InChI is InChI=1S/C24H26FN3O/c25-21-12-9-18(10-13-21)17-5-7-20(8-6-17)23(29)19-3-1-2-4-22(14-11-19)28-24-26-15-16-27-24/h5-10,12-13,15-16,19,22H,1-4,11,14H2,(H2,26,27,28). The van der Waals surface area contributed by atoms with Gasteiger partial charge in [0.05, 0.1) is 0 Å². The molecule has 2 N–H and O–H groups in total. The van der Waals surface area contributed by atoms with E-state index in [0.29, 0.717) is 6.04 Å². The Morgan fingerprint density at radius 1 is 0.931 bits per heavy atom. The Kier molecular flexibility index (Phi) is 6.03. The second-order valence-electron chi connectivity index (χ2n) is 7.79. The number of aromatic amines is 1. The van der Waals surface area contributed by atoms with Gasteiger partial charge in [-0.25, -0.2) is 9.37 Å². The van der Waals surface area contributed by atoms with Crippen molar-refractivity contribution in [1.82, 2.24) is 9.97 Å². The van der Waals surface area contributed by atoms with Gasteiger partial charge in [-0.1, -0.05) is 49.2 Å². The first-order chi connectivity index (χ1) is 14.2. The molecule has 1 fully saturated rings. The Bertz CT molecular complexity index is 920. The van der Waals surface area contributed by atoms with Gasteiger partial charge in [0.1, 0.15) is 5.82 Å². The van der Waals surface area contributed by atoms with Gasteiger partial charge in [-0.05, 0) is 48.9 Å². The smallest absolute Gasteiger partial charge is 0.200 e. The molecule has 1 aliphatic rings. The predicted octanol–water partition coefficient (Wildman–Crippen LogP) is 5.85. The zero-order chi connectivity index (χ0) is 20.1. The molecular weight excluding hydrogens is 365 g/mol. The minimum absolute atomic E-state index is 0.0628. The van der Waals surface area contributed by atoms with Crippen LogP contribution >= 0.6 is 0 Å². The number of nitrogens with one attached hydrogen (secondary N) is 2. The van der Waals surface area contributed by atoms with Crippen LogP contribution in [-0.4, -0.2) is 21.8 Å². The van der Waals surface area contributed by atoms with Crippen LogP contribution in [0.5, 0.6) is 0 Å². The van der Waals surface area contributed by atoms with Gasteiger partial charge in [0.15, 0.2) is 11.7 Å². The maximum atomic E-state index is 13.1. The van der Waals surface area contributed by atoms with E-state index in [1.54, 1.807) is 18.3 Å². The van der Waals surface area contributed by atoms with Gasteiger partial charge in [0.25, 0.3) is 0 Å². The molecule has 1 heterocycles. The van der Waals surface area contributed by atoms with E-state index in [4.69, 9.17) is 0 Å². The molecule has 4 rings (SSSR count). The van der Waals surface area contributed by atoms with E-state index in [-0.39, 0.29) is 17.5 Å². The van der Waals surface area contributed by atoms with Crippen molar-refractivity contribution in [3.63, 3.8) is 0 Å². The van der Waals surface area contributed by atoms with E-state index in [2.05, 4.69) is 15.3 Å². The fourth-order valence-corrected chi connectivity index (χ4v) is 4.12. The second-order valence-corrected chi connectivity index (χ2v) is 7.79. The molecule has 2 aromatic carbocycles. The second kappa shape index (κ2) is 9.03. The molecule has 1 saturated carbocycles. The highest BCUT2D eigenvalue weighted by Gasteiger charge is 2.24. The van der Waals surface area contributed by atoms with Gasteiger partial charge in [0, 0.05) is 29.9 Å². The van der Waals surface area contributed by atoms with Crippen LogP contribution in [0.3, 0.4) is 0 Å². The fourth-order valence-electron chi connectivity index (χ4n) is 4.12. The van der Waals surface area contributed by atoms with Crippen molar-refractivity contribution >= 4 is 11.7 Å². The van der Waals surface area contributed by atoms with Crippen LogP contribution in [0, 0.1) is 11.7 Å². The summed E-state index contributed by atoms with van der Waals surface area (Å²) in [6.45, 7) is 0.